The van der Waals surface area contributed by atoms with E-state index in [4.69, 9.17) is 4.74 Å². The summed E-state index contributed by atoms with van der Waals surface area (Å²) in [7, 11) is 1.71. The van der Waals surface area contributed by atoms with Crippen molar-refractivity contribution in [1.82, 2.24) is 10.6 Å². The molecular weight excluding hydrogens is 216 g/mol. The molecule has 2 N–H and O–H groups in total. The Morgan fingerprint density at radius 1 is 1.18 bits per heavy atom. The maximum atomic E-state index is 11.6. The molecule has 0 aliphatic heterocycles. The molecule has 1 atom stereocenters. The van der Waals surface area contributed by atoms with Crippen LogP contribution >= 0.6 is 0 Å². The van der Waals surface area contributed by atoms with Crippen LogP contribution in [0.5, 0.6) is 0 Å². The number of hydrogen-bond acceptors (Lipinski definition) is 3. The van der Waals surface area contributed by atoms with Gasteiger partial charge in [-0.3, -0.25) is 4.79 Å². The lowest BCUT2D eigenvalue weighted by Gasteiger charge is -2.14. The number of carbonyl (C=O) groups excluding carboxylic acids is 1. The Labute approximate surface area is 105 Å². The number of rotatable bonds is 10. The summed E-state index contributed by atoms with van der Waals surface area (Å²) >= 11 is 0. The summed E-state index contributed by atoms with van der Waals surface area (Å²) in [6.45, 7) is 8.64. The lowest BCUT2D eigenvalue weighted by molar-refractivity contribution is -0.122. The number of unbranched alkanes of at least 4 members (excludes halogenated alkanes) is 1. The number of amides is 1. The number of ether oxygens (including phenoxy) is 1. The van der Waals surface area contributed by atoms with Gasteiger partial charge in [-0.05, 0) is 38.6 Å². The Morgan fingerprint density at radius 2 is 1.88 bits per heavy atom. The van der Waals surface area contributed by atoms with Gasteiger partial charge in [0.2, 0.25) is 5.91 Å². The molecule has 0 aliphatic carbocycles. The first-order valence-corrected chi connectivity index (χ1v) is 6.58. The van der Waals surface area contributed by atoms with Crippen molar-refractivity contribution in [2.45, 2.75) is 46.1 Å². The van der Waals surface area contributed by atoms with Crippen LogP contribution in [0.2, 0.25) is 0 Å². The van der Waals surface area contributed by atoms with Gasteiger partial charge >= 0.3 is 0 Å². The second-order valence-corrected chi connectivity index (χ2v) is 4.85. The summed E-state index contributed by atoms with van der Waals surface area (Å²) in [5.74, 6) is 0.727. The molecular formula is C13H28N2O2. The minimum atomic E-state index is -0.107. The highest BCUT2D eigenvalue weighted by Gasteiger charge is 2.10. The quantitative estimate of drug-likeness (QED) is 0.573. The first-order valence-electron chi connectivity index (χ1n) is 6.58. The van der Waals surface area contributed by atoms with E-state index in [9.17, 15) is 4.79 Å². The lowest BCUT2D eigenvalue weighted by atomic mass is 10.1. The van der Waals surface area contributed by atoms with E-state index in [0.717, 1.165) is 39.0 Å². The molecule has 0 saturated carbocycles. The van der Waals surface area contributed by atoms with Crippen molar-refractivity contribution in [3.63, 3.8) is 0 Å². The van der Waals surface area contributed by atoms with Gasteiger partial charge in [-0.25, -0.2) is 0 Å². The third kappa shape index (κ3) is 10.3. The molecule has 0 radical (unpaired) electrons. The monoisotopic (exact) mass is 244 g/mol. The van der Waals surface area contributed by atoms with E-state index in [1.165, 1.54) is 0 Å². The van der Waals surface area contributed by atoms with Gasteiger partial charge in [-0.1, -0.05) is 13.8 Å². The van der Waals surface area contributed by atoms with Crippen LogP contribution in [0.1, 0.15) is 40.0 Å². The maximum absolute atomic E-state index is 11.6. The van der Waals surface area contributed by atoms with Crippen LogP contribution in [0, 0.1) is 5.92 Å². The van der Waals surface area contributed by atoms with Crippen LogP contribution in [-0.4, -0.2) is 38.8 Å². The first kappa shape index (κ1) is 16.4. The molecule has 0 rings (SSSR count). The summed E-state index contributed by atoms with van der Waals surface area (Å²) in [6.07, 6.45) is 3.11. The molecule has 0 saturated heterocycles. The Hall–Kier alpha value is -0.610. The van der Waals surface area contributed by atoms with Gasteiger partial charge in [-0.15, -0.1) is 0 Å². The van der Waals surface area contributed by atoms with Gasteiger partial charge in [0.15, 0.2) is 0 Å². The van der Waals surface area contributed by atoms with Crippen molar-refractivity contribution in [3.05, 3.63) is 0 Å². The second kappa shape index (κ2) is 10.5. The molecule has 4 heteroatoms. The summed E-state index contributed by atoms with van der Waals surface area (Å²) in [5.41, 5.74) is 0. The molecule has 0 aromatic carbocycles. The maximum Gasteiger partial charge on any atom is 0.236 e. The van der Waals surface area contributed by atoms with Crippen LogP contribution in [0.4, 0.5) is 0 Å². The Balaban J connectivity index is 3.47. The van der Waals surface area contributed by atoms with E-state index in [1.54, 1.807) is 7.11 Å². The van der Waals surface area contributed by atoms with Gasteiger partial charge in [0, 0.05) is 20.3 Å². The van der Waals surface area contributed by atoms with Crippen LogP contribution in [-0.2, 0) is 9.53 Å². The summed E-state index contributed by atoms with van der Waals surface area (Å²) < 4.78 is 4.96. The molecule has 0 bridgehead atoms. The third-order valence-electron chi connectivity index (χ3n) is 2.64. The zero-order valence-electron chi connectivity index (χ0n) is 11.7. The number of carbonyl (C=O) groups is 1. The van der Waals surface area contributed by atoms with E-state index in [2.05, 4.69) is 24.5 Å². The standard InChI is InChI=1S/C13H28N2O2/c1-11(2)7-9-15-13(16)12(3)14-8-5-6-10-17-4/h11-12,14H,5-10H2,1-4H3,(H,15,16). The molecule has 0 aliphatic rings. The zero-order valence-corrected chi connectivity index (χ0v) is 11.7. The van der Waals surface area contributed by atoms with E-state index in [0.29, 0.717) is 5.92 Å². The highest BCUT2D eigenvalue weighted by molar-refractivity contribution is 5.81. The van der Waals surface area contributed by atoms with Crippen LogP contribution in [0.25, 0.3) is 0 Å². The number of hydrogen-bond donors (Lipinski definition) is 2. The van der Waals surface area contributed by atoms with Crippen molar-refractivity contribution in [1.29, 1.82) is 0 Å². The molecule has 4 nitrogen and oxygen atoms in total. The predicted octanol–water partition coefficient (Wildman–Crippen LogP) is 1.55. The number of methoxy groups -OCH3 is 1. The van der Waals surface area contributed by atoms with Gasteiger partial charge in [0.05, 0.1) is 6.04 Å². The first-order chi connectivity index (χ1) is 8.07. The topological polar surface area (TPSA) is 50.4 Å². The molecule has 102 valence electrons. The fraction of sp³-hybridized carbons (Fsp3) is 0.923. The normalized spacial score (nSPS) is 12.8. The van der Waals surface area contributed by atoms with E-state index >= 15 is 0 Å². The lowest BCUT2D eigenvalue weighted by Crippen LogP contribution is -2.43. The van der Waals surface area contributed by atoms with Crippen LogP contribution in [0.15, 0.2) is 0 Å². The minimum absolute atomic E-state index is 0.0948. The fourth-order valence-electron chi connectivity index (χ4n) is 1.42. The van der Waals surface area contributed by atoms with Crippen molar-refractivity contribution in [2.75, 3.05) is 26.8 Å². The smallest absolute Gasteiger partial charge is 0.236 e. The SMILES string of the molecule is COCCCCNC(C)C(=O)NCCC(C)C. The zero-order chi connectivity index (χ0) is 13.1. The average Bonchev–Trinajstić information content (AvgIpc) is 2.27. The molecule has 0 spiro atoms. The number of nitrogens with one attached hydrogen (secondary N) is 2. The van der Waals surface area contributed by atoms with Crippen molar-refractivity contribution < 1.29 is 9.53 Å². The van der Waals surface area contributed by atoms with E-state index < -0.39 is 0 Å². The molecule has 0 aromatic heterocycles. The second-order valence-electron chi connectivity index (χ2n) is 4.85. The average molecular weight is 244 g/mol. The van der Waals surface area contributed by atoms with Crippen LogP contribution < -0.4 is 10.6 Å². The van der Waals surface area contributed by atoms with Gasteiger partial charge in [0.25, 0.3) is 0 Å². The molecule has 0 heterocycles. The van der Waals surface area contributed by atoms with E-state index in [1.807, 2.05) is 6.92 Å². The van der Waals surface area contributed by atoms with Crippen molar-refractivity contribution in [3.8, 4) is 0 Å². The van der Waals surface area contributed by atoms with Gasteiger partial charge < -0.3 is 15.4 Å². The Bertz CT molecular complexity index is 196. The molecule has 1 unspecified atom stereocenters. The molecule has 17 heavy (non-hydrogen) atoms. The largest absolute Gasteiger partial charge is 0.385 e. The summed E-state index contributed by atoms with van der Waals surface area (Å²) in [4.78, 5) is 11.6. The Kier molecular flexibility index (Phi) is 10.2. The van der Waals surface area contributed by atoms with Gasteiger partial charge in [0.1, 0.15) is 0 Å². The highest BCUT2D eigenvalue weighted by atomic mass is 16.5. The third-order valence-corrected chi connectivity index (χ3v) is 2.64. The highest BCUT2D eigenvalue weighted by Crippen LogP contribution is 1.96. The summed E-state index contributed by atoms with van der Waals surface area (Å²) in [5, 5.41) is 6.15. The van der Waals surface area contributed by atoms with Gasteiger partial charge in [-0.2, -0.15) is 0 Å². The Morgan fingerprint density at radius 3 is 2.47 bits per heavy atom. The fourth-order valence-corrected chi connectivity index (χ4v) is 1.42. The van der Waals surface area contributed by atoms with Crippen molar-refractivity contribution in [2.24, 2.45) is 5.92 Å². The van der Waals surface area contributed by atoms with Crippen molar-refractivity contribution >= 4 is 5.91 Å². The molecule has 1 amide bonds. The van der Waals surface area contributed by atoms with E-state index in [-0.39, 0.29) is 11.9 Å². The minimum Gasteiger partial charge on any atom is -0.385 e. The molecule has 0 aromatic rings. The van der Waals surface area contributed by atoms with Crippen LogP contribution in [0.3, 0.4) is 0 Å². The molecule has 0 fully saturated rings. The predicted molar refractivity (Wildman–Crippen MR) is 71.0 cm³/mol. The summed E-state index contributed by atoms with van der Waals surface area (Å²) in [6, 6.07) is -0.107.